The summed E-state index contributed by atoms with van der Waals surface area (Å²) in [5.41, 5.74) is 3.52. The maximum absolute atomic E-state index is 12.4. The molecule has 110 valence electrons. The summed E-state index contributed by atoms with van der Waals surface area (Å²) in [6, 6.07) is 8.87. The van der Waals surface area contributed by atoms with E-state index < -0.39 is 8.07 Å². The zero-order valence-corrected chi connectivity index (χ0v) is 14.6. The largest absolute Gasteiger partial charge is 0.378 e. The van der Waals surface area contributed by atoms with Crippen molar-refractivity contribution in [1.29, 1.82) is 0 Å². The molecule has 0 atom stereocenters. The van der Waals surface area contributed by atoms with Gasteiger partial charge in [0, 0.05) is 31.8 Å². The maximum Gasteiger partial charge on any atom is 0.163 e. The summed E-state index contributed by atoms with van der Waals surface area (Å²) in [6.07, 6.45) is 1.60. The average molecular weight is 297 g/mol. The molecule has 0 saturated carbocycles. The number of fused-ring (bicyclic) bond motifs is 2. The van der Waals surface area contributed by atoms with Gasteiger partial charge in [-0.2, -0.15) is 0 Å². The van der Waals surface area contributed by atoms with Crippen LogP contribution in [-0.2, 0) is 6.42 Å². The molecule has 1 aliphatic carbocycles. The zero-order chi connectivity index (χ0) is 15.4. The topological polar surface area (TPSA) is 20.3 Å². The van der Waals surface area contributed by atoms with Gasteiger partial charge in [-0.3, -0.25) is 4.79 Å². The Morgan fingerprint density at radius 1 is 1.05 bits per heavy atom. The fourth-order valence-corrected chi connectivity index (χ4v) is 5.46. The maximum atomic E-state index is 12.4. The summed E-state index contributed by atoms with van der Waals surface area (Å²) < 4.78 is 0. The minimum absolute atomic E-state index is 0.347. The zero-order valence-electron chi connectivity index (χ0n) is 13.6. The molecule has 2 aromatic rings. The molecule has 0 radical (unpaired) electrons. The normalized spacial score (nSPS) is 14.6. The quantitative estimate of drug-likeness (QED) is 0.790. The van der Waals surface area contributed by atoms with E-state index in [-0.39, 0.29) is 0 Å². The van der Waals surface area contributed by atoms with E-state index in [9.17, 15) is 4.79 Å². The predicted octanol–water partition coefficient (Wildman–Crippen LogP) is 3.58. The number of hydrogen-bond donors (Lipinski definition) is 0. The molecule has 2 aromatic carbocycles. The van der Waals surface area contributed by atoms with Gasteiger partial charge in [-0.25, -0.2) is 0 Å². The number of hydrogen-bond acceptors (Lipinski definition) is 2. The highest BCUT2D eigenvalue weighted by Gasteiger charge is 2.31. The third kappa shape index (κ3) is 2.29. The molecule has 0 fully saturated rings. The van der Waals surface area contributed by atoms with Crippen LogP contribution in [0, 0.1) is 0 Å². The van der Waals surface area contributed by atoms with Gasteiger partial charge in [-0.15, -0.1) is 0 Å². The van der Waals surface area contributed by atoms with Crippen LogP contribution < -0.4 is 10.1 Å². The Labute approximate surface area is 127 Å². The molecule has 0 aliphatic heterocycles. The molecule has 0 bridgehead atoms. The lowest BCUT2D eigenvalue weighted by Crippen LogP contribution is -2.41. The van der Waals surface area contributed by atoms with Gasteiger partial charge >= 0.3 is 0 Å². The summed E-state index contributed by atoms with van der Waals surface area (Å²) in [4.78, 5) is 14.5. The second-order valence-electron chi connectivity index (χ2n) is 7.26. The van der Waals surface area contributed by atoms with Crippen LogP contribution in [0.25, 0.3) is 10.8 Å². The van der Waals surface area contributed by atoms with Crippen molar-refractivity contribution in [3.8, 4) is 0 Å². The van der Waals surface area contributed by atoms with E-state index in [1.54, 1.807) is 0 Å². The first-order valence-corrected chi connectivity index (χ1v) is 11.1. The van der Waals surface area contributed by atoms with Gasteiger partial charge in [0.05, 0.1) is 8.07 Å². The molecule has 2 nitrogen and oxygen atoms in total. The van der Waals surface area contributed by atoms with Crippen LogP contribution in [-0.4, -0.2) is 28.0 Å². The van der Waals surface area contributed by atoms with Crippen molar-refractivity contribution in [3.05, 3.63) is 35.4 Å². The molecule has 21 heavy (non-hydrogen) atoms. The molecule has 0 aromatic heterocycles. The highest BCUT2D eigenvalue weighted by atomic mass is 28.3. The summed E-state index contributed by atoms with van der Waals surface area (Å²) >= 11 is 0. The van der Waals surface area contributed by atoms with E-state index in [1.807, 2.05) is 0 Å². The number of nitrogens with zero attached hydrogens (tertiary/aromatic N) is 1. The van der Waals surface area contributed by atoms with Crippen LogP contribution >= 0.6 is 0 Å². The van der Waals surface area contributed by atoms with Crippen LogP contribution in [0.2, 0.25) is 19.6 Å². The van der Waals surface area contributed by atoms with Crippen LogP contribution in [0.5, 0.6) is 0 Å². The number of carbonyl (C=O) groups excluding carboxylic acids is 1. The average Bonchev–Trinajstić information content (AvgIpc) is 2.75. The number of ketones is 1. The molecule has 0 heterocycles. The van der Waals surface area contributed by atoms with Gasteiger partial charge in [0.1, 0.15) is 0 Å². The Morgan fingerprint density at radius 3 is 2.38 bits per heavy atom. The molecule has 0 amide bonds. The van der Waals surface area contributed by atoms with E-state index in [0.29, 0.717) is 12.2 Å². The van der Waals surface area contributed by atoms with Crippen molar-refractivity contribution in [2.45, 2.75) is 32.5 Å². The van der Waals surface area contributed by atoms with Crippen LogP contribution in [0.4, 0.5) is 5.69 Å². The van der Waals surface area contributed by atoms with E-state index in [0.717, 1.165) is 12.0 Å². The van der Waals surface area contributed by atoms with Gasteiger partial charge < -0.3 is 4.90 Å². The summed E-state index contributed by atoms with van der Waals surface area (Å²) in [5, 5.41) is 3.93. The number of anilines is 1. The minimum Gasteiger partial charge on any atom is -0.378 e. The van der Waals surface area contributed by atoms with Gasteiger partial charge in [0.25, 0.3) is 0 Å². The van der Waals surface area contributed by atoms with Crippen molar-refractivity contribution in [1.82, 2.24) is 0 Å². The van der Waals surface area contributed by atoms with Crippen LogP contribution in [0.3, 0.4) is 0 Å². The van der Waals surface area contributed by atoms with E-state index >= 15 is 0 Å². The predicted molar refractivity (Wildman–Crippen MR) is 93.9 cm³/mol. The second kappa shape index (κ2) is 4.70. The van der Waals surface area contributed by atoms with Crippen LogP contribution in [0.15, 0.2) is 24.3 Å². The molecule has 3 heteroatoms. The molecular weight excluding hydrogens is 274 g/mol. The van der Waals surface area contributed by atoms with E-state index in [4.69, 9.17) is 0 Å². The Balaban J connectivity index is 2.43. The van der Waals surface area contributed by atoms with Gasteiger partial charge in [-0.05, 0) is 40.1 Å². The van der Waals surface area contributed by atoms with Gasteiger partial charge in [0.15, 0.2) is 5.78 Å². The van der Waals surface area contributed by atoms with Crippen molar-refractivity contribution < 1.29 is 4.79 Å². The lowest BCUT2D eigenvalue weighted by molar-refractivity contribution is 0.0995. The molecule has 0 saturated heterocycles. The van der Waals surface area contributed by atoms with Crippen molar-refractivity contribution in [2.75, 3.05) is 19.0 Å². The number of Topliss-reactive ketones (excluding diaryl/α,β-unsaturated/α-hetero) is 1. The van der Waals surface area contributed by atoms with Crippen molar-refractivity contribution >= 4 is 35.5 Å². The third-order valence-electron chi connectivity index (χ3n) is 4.37. The molecule has 3 rings (SSSR count). The smallest absolute Gasteiger partial charge is 0.163 e. The minimum atomic E-state index is -1.59. The molecule has 0 spiro atoms. The monoisotopic (exact) mass is 297 g/mol. The highest BCUT2D eigenvalue weighted by Crippen LogP contribution is 2.30. The number of aryl methyl sites for hydroxylation is 1. The molecule has 0 N–H and O–H groups in total. The molecule has 1 aliphatic rings. The summed E-state index contributed by atoms with van der Waals surface area (Å²) in [7, 11) is 2.53. The fourth-order valence-electron chi connectivity index (χ4n) is 3.39. The Morgan fingerprint density at radius 2 is 1.76 bits per heavy atom. The summed E-state index contributed by atoms with van der Waals surface area (Å²) in [5.74, 6) is 0.347. The van der Waals surface area contributed by atoms with Gasteiger partial charge in [-0.1, -0.05) is 31.8 Å². The Kier molecular flexibility index (Phi) is 3.21. The lowest BCUT2D eigenvalue weighted by Gasteiger charge is -2.24. The lowest BCUT2D eigenvalue weighted by atomic mass is 10.0. The number of carbonyl (C=O) groups is 1. The van der Waals surface area contributed by atoms with E-state index in [1.165, 1.54) is 27.2 Å². The van der Waals surface area contributed by atoms with Crippen molar-refractivity contribution in [2.24, 2.45) is 0 Å². The third-order valence-corrected chi connectivity index (χ3v) is 6.39. The van der Waals surface area contributed by atoms with E-state index in [2.05, 4.69) is 62.9 Å². The first kappa shape index (κ1) is 14.3. The van der Waals surface area contributed by atoms with Crippen LogP contribution in [0.1, 0.15) is 22.3 Å². The molecule has 0 unspecified atom stereocenters. The molecular formula is C18H23NOSi. The van der Waals surface area contributed by atoms with Gasteiger partial charge in [0.2, 0.25) is 0 Å². The Bertz CT molecular complexity index is 741. The second-order valence-corrected chi connectivity index (χ2v) is 12.3. The first-order chi connectivity index (χ1) is 9.79. The standard InChI is InChI=1S/C18H23NOSi/c1-19(2)14-8-6-12-10-13-7-9-16(20)17(13)18(15(12)11-14)21(3,4)5/h6,8,10-11H,7,9H2,1-5H3. The van der Waals surface area contributed by atoms with Crippen molar-refractivity contribution in [3.63, 3.8) is 0 Å². The number of benzene rings is 2. The summed E-state index contributed by atoms with van der Waals surface area (Å²) in [6.45, 7) is 7.03. The SMILES string of the molecule is CN(C)c1ccc2cc3c(c([Si](C)(C)C)c2c1)C(=O)CC3. The number of rotatable bonds is 2. The first-order valence-electron chi connectivity index (χ1n) is 7.59. The fraction of sp³-hybridized carbons (Fsp3) is 0.389. The highest BCUT2D eigenvalue weighted by molar-refractivity contribution is 6.91. The Hall–Kier alpha value is -1.61.